The van der Waals surface area contributed by atoms with Crippen LogP contribution >= 0.6 is 22.7 Å². The second-order valence-electron chi connectivity index (χ2n) is 4.51. The SMILES string of the molecule is CCc1nc(C)sc1C(=O)N(CCOC)Cc1nccs1. The van der Waals surface area contributed by atoms with Crippen LogP contribution in [0.25, 0.3) is 0 Å². The van der Waals surface area contributed by atoms with Crippen LogP contribution in [0, 0.1) is 6.92 Å². The molecule has 2 rings (SSSR count). The fraction of sp³-hybridized carbons (Fsp3) is 0.500. The van der Waals surface area contributed by atoms with Gasteiger partial charge in [0.15, 0.2) is 0 Å². The summed E-state index contributed by atoms with van der Waals surface area (Å²) in [6.07, 6.45) is 2.52. The third-order valence-corrected chi connectivity index (χ3v) is 4.76. The average molecular weight is 325 g/mol. The van der Waals surface area contributed by atoms with Gasteiger partial charge in [0.05, 0.1) is 23.9 Å². The third-order valence-electron chi connectivity index (χ3n) is 3.00. The number of aromatic nitrogens is 2. The Kier molecular flexibility index (Phi) is 5.84. The van der Waals surface area contributed by atoms with Gasteiger partial charge in [-0.3, -0.25) is 4.79 Å². The molecule has 0 aliphatic rings. The maximum Gasteiger partial charge on any atom is 0.266 e. The van der Waals surface area contributed by atoms with Gasteiger partial charge in [-0.1, -0.05) is 6.92 Å². The Balaban J connectivity index is 2.20. The van der Waals surface area contributed by atoms with Gasteiger partial charge in [0, 0.05) is 25.2 Å². The van der Waals surface area contributed by atoms with Gasteiger partial charge in [0.25, 0.3) is 5.91 Å². The van der Waals surface area contributed by atoms with Gasteiger partial charge in [0.1, 0.15) is 9.88 Å². The molecular formula is C14H19N3O2S2. The van der Waals surface area contributed by atoms with Gasteiger partial charge in [-0.2, -0.15) is 0 Å². The summed E-state index contributed by atoms with van der Waals surface area (Å²) < 4.78 is 5.12. The molecule has 0 unspecified atom stereocenters. The molecule has 0 bridgehead atoms. The van der Waals surface area contributed by atoms with Crippen LogP contribution < -0.4 is 0 Å². The van der Waals surface area contributed by atoms with E-state index in [1.807, 2.05) is 19.2 Å². The number of nitrogens with zero attached hydrogens (tertiary/aromatic N) is 3. The highest BCUT2D eigenvalue weighted by molar-refractivity contribution is 7.13. The summed E-state index contributed by atoms with van der Waals surface area (Å²) in [6, 6.07) is 0. The lowest BCUT2D eigenvalue weighted by Crippen LogP contribution is -2.33. The first-order chi connectivity index (χ1) is 10.2. The number of carbonyl (C=O) groups excluding carboxylic acids is 1. The topological polar surface area (TPSA) is 55.3 Å². The number of carbonyl (C=O) groups is 1. The zero-order chi connectivity index (χ0) is 15.2. The highest BCUT2D eigenvalue weighted by Crippen LogP contribution is 2.22. The summed E-state index contributed by atoms with van der Waals surface area (Å²) >= 11 is 3.02. The van der Waals surface area contributed by atoms with Gasteiger partial charge in [-0.05, 0) is 13.3 Å². The summed E-state index contributed by atoms with van der Waals surface area (Å²) in [5.74, 6) is 0.0182. The molecule has 0 aromatic carbocycles. The van der Waals surface area contributed by atoms with Crippen LogP contribution in [-0.4, -0.2) is 41.0 Å². The molecule has 7 heteroatoms. The first kappa shape index (κ1) is 16.1. The summed E-state index contributed by atoms with van der Waals surface area (Å²) in [6.45, 7) is 5.53. The van der Waals surface area contributed by atoms with Crippen molar-refractivity contribution in [1.82, 2.24) is 14.9 Å². The van der Waals surface area contributed by atoms with E-state index in [0.29, 0.717) is 19.7 Å². The van der Waals surface area contributed by atoms with Crippen LogP contribution in [0.3, 0.4) is 0 Å². The van der Waals surface area contributed by atoms with E-state index in [1.54, 1.807) is 29.5 Å². The molecule has 1 amide bonds. The summed E-state index contributed by atoms with van der Waals surface area (Å²) in [5.41, 5.74) is 0.879. The largest absolute Gasteiger partial charge is 0.383 e. The predicted molar refractivity (Wildman–Crippen MR) is 85.0 cm³/mol. The maximum absolute atomic E-state index is 12.8. The molecule has 114 valence electrons. The fourth-order valence-corrected chi connectivity index (χ4v) is 3.58. The number of hydrogen-bond donors (Lipinski definition) is 0. The van der Waals surface area contributed by atoms with E-state index < -0.39 is 0 Å². The van der Waals surface area contributed by atoms with Crippen LogP contribution in [0.15, 0.2) is 11.6 Å². The minimum Gasteiger partial charge on any atom is -0.383 e. The molecule has 0 saturated carbocycles. The van der Waals surface area contributed by atoms with E-state index in [0.717, 1.165) is 27.0 Å². The van der Waals surface area contributed by atoms with E-state index in [9.17, 15) is 4.79 Å². The first-order valence-corrected chi connectivity index (χ1v) is 8.48. The van der Waals surface area contributed by atoms with E-state index in [4.69, 9.17) is 4.74 Å². The molecule has 0 fully saturated rings. The zero-order valence-corrected chi connectivity index (χ0v) is 14.1. The first-order valence-electron chi connectivity index (χ1n) is 6.78. The van der Waals surface area contributed by atoms with Crippen LogP contribution in [-0.2, 0) is 17.7 Å². The molecule has 0 radical (unpaired) electrons. The number of rotatable bonds is 7. The number of hydrogen-bond acceptors (Lipinski definition) is 6. The molecule has 2 aromatic heterocycles. The fourth-order valence-electron chi connectivity index (χ4n) is 1.97. The van der Waals surface area contributed by atoms with Gasteiger partial charge >= 0.3 is 0 Å². The summed E-state index contributed by atoms with van der Waals surface area (Å²) in [7, 11) is 1.64. The maximum atomic E-state index is 12.8. The third kappa shape index (κ3) is 4.09. The smallest absolute Gasteiger partial charge is 0.266 e. The number of thiazole rings is 2. The molecule has 2 aromatic rings. The number of methoxy groups -OCH3 is 1. The molecule has 0 aliphatic carbocycles. The number of ether oxygens (including phenoxy) is 1. The van der Waals surface area contributed by atoms with Crippen LogP contribution in [0.5, 0.6) is 0 Å². The lowest BCUT2D eigenvalue weighted by molar-refractivity contribution is 0.0684. The molecular weight excluding hydrogens is 306 g/mol. The molecule has 21 heavy (non-hydrogen) atoms. The quantitative estimate of drug-likeness (QED) is 0.785. The van der Waals surface area contributed by atoms with Gasteiger partial charge in [0.2, 0.25) is 0 Å². The Labute approximate surface area is 132 Å². The Hall–Kier alpha value is -1.31. The molecule has 0 aliphatic heterocycles. The number of amides is 1. The van der Waals surface area contributed by atoms with Gasteiger partial charge < -0.3 is 9.64 Å². The monoisotopic (exact) mass is 325 g/mol. The van der Waals surface area contributed by atoms with Crippen molar-refractivity contribution in [1.29, 1.82) is 0 Å². The van der Waals surface area contributed by atoms with Crippen LogP contribution in [0.1, 0.15) is 32.3 Å². The molecule has 0 spiro atoms. The molecule has 0 atom stereocenters. The van der Waals surface area contributed by atoms with Gasteiger partial charge in [-0.15, -0.1) is 22.7 Å². The lowest BCUT2D eigenvalue weighted by atomic mass is 10.2. The zero-order valence-electron chi connectivity index (χ0n) is 12.5. The normalized spacial score (nSPS) is 10.8. The van der Waals surface area contributed by atoms with Crippen molar-refractivity contribution < 1.29 is 9.53 Å². The standard InChI is InChI=1S/C14H19N3O2S2/c1-4-11-13(21-10(2)16-11)14(18)17(6-7-19-3)9-12-15-5-8-20-12/h5,8H,4,6-7,9H2,1-3H3. The predicted octanol–water partition coefficient (Wildman–Crippen LogP) is 2.76. The number of aryl methyl sites for hydroxylation is 2. The van der Waals surface area contributed by atoms with Crippen molar-refractivity contribution in [3.05, 3.63) is 32.2 Å². The summed E-state index contributed by atoms with van der Waals surface area (Å²) in [4.78, 5) is 24.0. The van der Waals surface area contributed by atoms with Crippen molar-refractivity contribution in [3.8, 4) is 0 Å². The van der Waals surface area contributed by atoms with E-state index >= 15 is 0 Å². The second-order valence-corrected chi connectivity index (χ2v) is 6.69. The Morgan fingerprint density at radius 3 is 2.90 bits per heavy atom. The molecule has 0 N–H and O–H groups in total. The second kappa shape index (κ2) is 7.63. The lowest BCUT2D eigenvalue weighted by Gasteiger charge is -2.21. The Morgan fingerprint density at radius 2 is 2.29 bits per heavy atom. The van der Waals surface area contributed by atoms with E-state index in [-0.39, 0.29) is 5.91 Å². The molecule has 0 saturated heterocycles. The van der Waals surface area contributed by atoms with Crippen LogP contribution in [0.2, 0.25) is 0 Å². The van der Waals surface area contributed by atoms with Crippen molar-refractivity contribution in [2.24, 2.45) is 0 Å². The van der Waals surface area contributed by atoms with Crippen molar-refractivity contribution in [2.75, 3.05) is 20.3 Å². The van der Waals surface area contributed by atoms with Crippen molar-refractivity contribution in [3.63, 3.8) is 0 Å². The molecule has 5 nitrogen and oxygen atoms in total. The van der Waals surface area contributed by atoms with Crippen molar-refractivity contribution >= 4 is 28.6 Å². The average Bonchev–Trinajstić information content (AvgIpc) is 3.11. The summed E-state index contributed by atoms with van der Waals surface area (Å²) in [5, 5.41) is 3.78. The Bertz CT molecular complexity index is 581. The van der Waals surface area contributed by atoms with Crippen molar-refractivity contribution in [2.45, 2.75) is 26.8 Å². The van der Waals surface area contributed by atoms with Crippen LogP contribution in [0.4, 0.5) is 0 Å². The van der Waals surface area contributed by atoms with Gasteiger partial charge in [-0.25, -0.2) is 9.97 Å². The minimum absolute atomic E-state index is 0.0182. The highest BCUT2D eigenvalue weighted by atomic mass is 32.1. The van der Waals surface area contributed by atoms with E-state index in [2.05, 4.69) is 9.97 Å². The Morgan fingerprint density at radius 1 is 1.48 bits per heavy atom. The molecule has 2 heterocycles. The minimum atomic E-state index is 0.0182. The van der Waals surface area contributed by atoms with E-state index in [1.165, 1.54) is 11.3 Å². The highest BCUT2D eigenvalue weighted by Gasteiger charge is 2.22.